The van der Waals surface area contributed by atoms with Crippen molar-refractivity contribution in [3.8, 4) is 50.7 Å². The zero-order chi connectivity index (χ0) is 37.7. The Labute approximate surface area is 329 Å². The fourth-order valence-electron chi connectivity index (χ4n) is 8.33. The standard InChI is InChI=1S/C52H34N4O/c1-4-16-34(17-5-1)32-48-53-51(36-20-8-3-9-21-36)55-52(54-48)42-26-14-25-41-40-24-12-13-27-44(40)56(50(41)42)45-28-15-29-47-49(45)43-33-37(30-31-46(43)57-47)39-23-11-10-22-38(39)35-18-6-2-7-19-35/h1-31,33H,32H2. The molecule has 11 aromatic rings. The van der Waals surface area contributed by atoms with Crippen LogP contribution >= 0.6 is 0 Å². The van der Waals surface area contributed by atoms with Gasteiger partial charge in [0.1, 0.15) is 17.0 Å². The third kappa shape index (κ3) is 5.68. The number of hydrogen-bond donors (Lipinski definition) is 0. The van der Waals surface area contributed by atoms with Crippen LogP contribution in [0.3, 0.4) is 0 Å². The van der Waals surface area contributed by atoms with E-state index in [1.165, 1.54) is 16.7 Å². The van der Waals surface area contributed by atoms with Crippen molar-refractivity contribution < 1.29 is 4.42 Å². The van der Waals surface area contributed by atoms with Crippen molar-refractivity contribution >= 4 is 43.7 Å². The summed E-state index contributed by atoms with van der Waals surface area (Å²) < 4.78 is 9.01. The van der Waals surface area contributed by atoms with E-state index < -0.39 is 0 Å². The predicted octanol–water partition coefficient (Wildman–Crippen LogP) is 13.1. The second-order valence-corrected chi connectivity index (χ2v) is 14.4. The van der Waals surface area contributed by atoms with Crippen LogP contribution in [0.5, 0.6) is 0 Å². The summed E-state index contributed by atoms with van der Waals surface area (Å²) in [5.41, 5.74) is 12.5. The van der Waals surface area contributed by atoms with Crippen LogP contribution in [0.4, 0.5) is 0 Å². The minimum absolute atomic E-state index is 0.589. The van der Waals surface area contributed by atoms with Gasteiger partial charge in [-0.1, -0.05) is 158 Å². The van der Waals surface area contributed by atoms with E-state index in [2.05, 4.69) is 174 Å². The van der Waals surface area contributed by atoms with Crippen molar-refractivity contribution in [2.24, 2.45) is 0 Å². The molecule has 0 saturated carbocycles. The quantitative estimate of drug-likeness (QED) is 0.164. The van der Waals surface area contributed by atoms with E-state index in [0.29, 0.717) is 18.1 Å². The van der Waals surface area contributed by atoms with Gasteiger partial charge in [0.05, 0.1) is 22.1 Å². The van der Waals surface area contributed by atoms with Gasteiger partial charge in [0, 0.05) is 33.7 Å². The van der Waals surface area contributed by atoms with E-state index >= 15 is 0 Å². The summed E-state index contributed by atoms with van der Waals surface area (Å²) in [4.78, 5) is 15.4. The highest BCUT2D eigenvalue weighted by Gasteiger charge is 2.22. The molecule has 0 aliphatic rings. The molecule has 11 rings (SSSR count). The van der Waals surface area contributed by atoms with Crippen molar-refractivity contribution in [3.63, 3.8) is 0 Å². The molecule has 0 aliphatic heterocycles. The third-order valence-corrected chi connectivity index (χ3v) is 10.9. The Morgan fingerprint density at radius 1 is 0.421 bits per heavy atom. The molecule has 0 aliphatic carbocycles. The summed E-state index contributed by atoms with van der Waals surface area (Å²) in [5.74, 6) is 2.00. The number of para-hydroxylation sites is 2. The Balaban J connectivity index is 1.17. The lowest BCUT2D eigenvalue weighted by molar-refractivity contribution is 0.669. The molecule has 0 N–H and O–H groups in total. The molecule has 0 radical (unpaired) electrons. The monoisotopic (exact) mass is 730 g/mol. The van der Waals surface area contributed by atoms with Gasteiger partial charge in [0.2, 0.25) is 0 Å². The second kappa shape index (κ2) is 13.6. The van der Waals surface area contributed by atoms with E-state index in [1.54, 1.807) is 0 Å². The highest BCUT2D eigenvalue weighted by atomic mass is 16.3. The first-order valence-electron chi connectivity index (χ1n) is 19.2. The largest absolute Gasteiger partial charge is 0.456 e. The van der Waals surface area contributed by atoms with E-state index in [9.17, 15) is 0 Å². The molecule has 0 atom stereocenters. The molecule has 0 spiro atoms. The summed E-state index contributed by atoms with van der Waals surface area (Å²) in [5, 5.41) is 4.38. The van der Waals surface area contributed by atoms with Crippen molar-refractivity contribution in [2.75, 3.05) is 0 Å². The maximum atomic E-state index is 6.63. The molecule has 0 amide bonds. The normalized spacial score (nSPS) is 11.6. The molecule has 0 unspecified atom stereocenters. The lowest BCUT2D eigenvalue weighted by atomic mass is 9.94. The van der Waals surface area contributed by atoms with Crippen LogP contribution in [0, 0.1) is 0 Å². The number of furan rings is 1. The topological polar surface area (TPSA) is 56.7 Å². The SMILES string of the molecule is c1ccc(Cc2nc(-c3ccccc3)nc(-c3cccc4c5ccccc5n(-c5cccc6oc7ccc(-c8ccccc8-c8ccccc8)cc7c56)c34)n2)cc1. The summed E-state index contributed by atoms with van der Waals surface area (Å²) in [6.07, 6.45) is 0.589. The van der Waals surface area contributed by atoms with Gasteiger partial charge in [-0.2, -0.15) is 0 Å². The molecule has 57 heavy (non-hydrogen) atoms. The van der Waals surface area contributed by atoms with Crippen molar-refractivity contribution in [2.45, 2.75) is 6.42 Å². The van der Waals surface area contributed by atoms with Crippen molar-refractivity contribution in [1.29, 1.82) is 0 Å². The number of fused-ring (bicyclic) bond motifs is 6. The first-order valence-corrected chi connectivity index (χ1v) is 19.2. The van der Waals surface area contributed by atoms with Crippen LogP contribution < -0.4 is 0 Å². The lowest BCUT2D eigenvalue weighted by Crippen LogP contribution is -2.05. The van der Waals surface area contributed by atoms with Crippen LogP contribution in [0.2, 0.25) is 0 Å². The van der Waals surface area contributed by atoms with Crippen LogP contribution in [0.15, 0.2) is 199 Å². The number of benzene rings is 8. The molecular weight excluding hydrogens is 697 g/mol. The summed E-state index contributed by atoms with van der Waals surface area (Å²) >= 11 is 0. The van der Waals surface area contributed by atoms with Crippen molar-refractivity contribution in [3.05, 3.63) is 206 Å². The number of aromatic nitrogens is 4. The minimum Gasteiger partial charge on any atom is -0.456 e. The van der Waals surface area contributed by atoms with E-state index in [-0.39, 0.29) is 0 Å². The van der Waals surface area contributed by atoms with Gasteiger partial charge in [-0.15, -0.1) is 0 Å². The fraction of sp³-hybridized carbons (Fsp3) is 0.0192. The Morgan fingerprint density at radius 2 is 1.05 bits per heavy atom. The Hall–Kier alpha value is -7.63. The lowest BCUT2D eigenvalue weighted by Gasteiger charge is -2.14. The third-order valence-electron chi connectivity index (χ3n) is 10.9. The van der Waals surface area contributed by atoms with Crippen LogP contribution in [0.25, 0.3) is 94.5 Å². The molecular formula is C52H34N4O. The molecule has 3 heterocycles. The molecule has 5 heteroatoms. The van der Waals surface area contributed by atoms with Crippen LogP contribution in [0.1, 0.15) is 11.4 Å². The zero-order valence-corrected chi connectivity index (χ0v) is 30.9. The number of nitrogens with zero attached hydrogens (tertiary/aromatic N) is 4. The summed E-state index contributed by atoms with van der Waals surface area (Å²) in [6, 6.07) is 67.8. The van der Waals surface area contributed by atoms with E-state index in [0.717, 1.165) is 77.5 Å². The van der Waals surface area contributed by atoms with Gasteiger partial charge in [-0.25, -0.2) is 15.0 Å². The zero-order valence-electron chi connectivity index (χ0n) is 30.9. The fourth-order valence-corrected chi connectivity index (χ4v) is 8.33. The van der Waals surface area contributed by atoms with Crippen LogP contribution in [-0.4, -0.2) is 19.5 Å². The Morgan fingerprint density at radius 3 is 1.86 bits per heavy atom. The predicted molar refractivity (Wildman–Crippen MR) is 232 cm³/mol. The van der Waals surface area contributed by atoms with Crippen molar-refractivity contribution in [1.82, 2.24) is 19.5 Å². The number of hydrogen-bond acceptors (Lipinski definition) is 4. The first-order chi connectivity index (χ1) is 28.3. The van der Waals surface area contributed by atoms with Gasteiger partial charge in [0.15, 0.2) is 11.6 Å². The number of rotatable bonds is 7. The average Bonchev–Trinajstić information content (AvgIpc) is 3.83. The Kier molecular flexibility index (Phi) is 7.81. The summed E-state index contributed by atoms with van der Waals surface area (Å²) in [7, 11) is 0. The van der Waals surface area contributed by atoms with E-state index in [1.807, 2.05) is 24.3 Å². The van der Waals surface area contributed by atoms with Gasteiger partial charge < -0.3 is 8.98 Å². The first kappa shape index (κ1) is 32.8. The molecule has 0 fully saturated rings. The molecule has 0 saturated heterocycles. The minimum atomic E-state index is 0.589. The molecule has 5 nitrogen and oxygen atoms in total. The van der Waals surface area contributed by atoms with Gasteiger partial charge >= 0.3 is 0 Å². The van der Waals surface area contributed by atoms with Gasteiger partial charge in [0.25, 0.3) is 0 Å². The molecule has 268 valence electrons. The highest BCUT2D eigenvalue weighted by molar-refractivity contribution is 6.17. The molecule has 8 aromatic carbocycles. The molecule has 3 aromatic heterocycles. The molecule has 0 bridgehead atoms. The average molecular weight is 731 g/mol. The van der Waals surface area contributed by atoms with Crippen LogP contribution in [-0.2, 0) is 6.42 Å². The second-order valence-electron chi connectivity index (χ2n) is 14.4. The maximum Gasteiger partial charge on any atom is 0.165 e. The highest BCUT2D eigenvalue weighted by Crippen LogP contribution is 2.43. The van der Waals surface area contributed by atoms with E-state index in [4.69, 9.17) is 19.4 Å². The Bertz CT molecular complexity index is 3260. The summed E-state index contributed by atoms with van der Waals surface area (Å²) in [6.45, 7) is 0. The van der Waals surface area contributed by atoms with Gasteiger partial charge in [-0.05, 0) is 64.2 Å². The van der Waals surface area contributed by atoms with Gasteiger partial charge in [-0.3, -0.25) is 0 Å². The maximum absolute atomic E-state index is 6.63. The smallest absolute Gasteiger partial charge is 0.165 e.